The molecule has 0 aliphatic heterocycles. The second kappa shape index (κ2) is 39.8. The van der Waals surface area contributed by atoms with E-state index in [9.17, 15) is 19.2 Å². The van der Waals surface area contributed by atoms with Gasteiger partial charge < -0.3 is 18.9 Å². The summed E-state index contributed by atoms with van der Waals surface area (Å²) < 4.78 is 20.2. The standard InChI is InChI=1S/C86H150O8/c1-57(15-13-17-61(5)71-33-37-79(53-71)75-29-25-67(45-75)49-83(87)91-9)19-21-65(43-59(3)41-63(7)73-35-39-81(55-73)77-31-27-69(47-77)51-85(89)93-11)23-24-66(44-60(4)42-64(8)74-36-40-82(56-74)78-32-28-70(48-78)52-86(90)94-12)22-20-58(2)16-14-18-62(6)72-34-38-80(54-72)76-30-26-68(46-76)50-84(88)92-10/h57-82H,13-56H2,1-12H3/t57-,58-,59?,60?,61+,62+,63+,64+,65-,66-,67-,68-,69-,70+,71-,72-,73-,74-,75?,76?,77?,78?,79-,80-,81-,82-/m0/s1. The van der Waals surface area contributed by atoms with Crippen LogP contribution in [0.5, 0.6) is 0 Å². The van der Waals surface area contributed by atoms with Crippen LogP contribution in [0.2, 0.25) is 0 Å². The first-order valence-electron chi connectivity index (χ1n) is 41.5. The van der Waals surface area contributed by atoms with Gasteiger partial charge in [0.2, 0.25) is 0 Å². The molecule has 8 aliphatic carbocycles. The zero-order chi connectivity index (χ0) is 67.3. The van der Waals surface area contributed by atoms with Crippen molar-refractivity contribution in [1.82, 2.24) is 0 Å². The maximum atomic E-state index is 12.2. The summed E-state index contributed by atoms with van der Waals surface area (Å²) in [6.45, 7) is 21.0. The van der Waals surface area contributed by atoms with Gasteiger partial charge in [-0.1, -0.05) is 132 Å². The van der Waals surface area contributed by atoms with Crippen molar-refractivity contribution in [1.29, 1.82) is 0 Å². The minimum Gasteiger partial charge on any atom is -0.469 e. The second-order valence-corrected chi connectivity index (χ2v) is 36.8. The lowest BCUT2D eigenvalue weighted by atomic mass is 9.76. The van der Waals surface area contributed by atoms with Gasteiger partial charge in [-0.15, -0.1) is 0 Å². The van der Waals surface area contributed by atoms with Gasteiger partial charge in [0.25, 0.3) is 0 Å². The van der Waals surface area contributed by atoms with Crippen molar-refractivity contribution in [3.63, 3.8) is 0 Å². The van der Waals surface area contributed by atoms with Crippen LogP contribution in [0.15, 0.2) is 0 Å². The molecule has 8 fully saturated rings. The summed E-state index contributed by atoms with van der Waals surface area (Å²) in [6.07, 6.45) is 57.0. The Bertz CT molecular complexity index is 2040. The molecule has 0 aromatic rings. The molecule has 0 amide bonds. The number of carbonyl (C=O) groups excluding carboxylic acids is 4. The van der Waals surface area contributed by atoms with Gasteiger partial charge in [-0.05, 0) is 334 Å². The van der Waals surface area contributed by atoms with Crippen molar-refractivity contribution in [2.75, 3.05) is 28.4 Å². The SMILES string of the molecule is COC(=O)C[C@H]1CCC([C@H]2CC[C@H]([C@H](C)CCC[C@H](C)CC[C@@H](CC[C@H](CC[C@@H](C)CCC[C@@H](C)[C@H]3CC[C@H](C4CC[C@H](CC(=O)OC)C4)C3)CC(C)C[C@@H](C)[C@H]3CC[C@H](C4CC[C@@H](CC(=O)OC)C4)C3)CC(C)C[C@@H](C)[C@H]3CC[C@H](C4CC[C@H](CC(=O)OC)C4)C3)C2)C1. The topological polar surface area (TPSA) is 105 Å². The number of methoxy groups -OCH3 is 4. The van der Waals surface area contributed by atoms with Crippen LogP contribution >= 0.6 is 0 Å². The Morgan fingerprint density at radius 2 is 0.511 bits per heavy atom. The minimum atomic E-state index is -0.0161. The highest BCUT2D eigenvalue weighted by molar-refractivity contribution is 5.70. The summed E-state index contributed by atoms with van der Waals surface area (Å²) in [4.78, 5) is 48.5. The summed E-state index contributed by atoms with van der Waals surface area (Å²) >= 11 is 0. The van der Waals surface area contributed by atoms with E-state index in [2.05, 4.69) is 55.4 Å². The fraction of sp³-hybridized carbons (Fsp3) is 0.953. The lowest BCUT2D eigenvalue weighted by Crippen LogP contribution is -2.18. The van der Waals surface area contributed by atoms with E-state index in [1.165, 1.54) is 257 Å². The van der Waals surface area contributed by atoms with Gasteiger partial charge in [0.15, 0.2) is 0 Å². The van der Waals surface area contributed by atoms with Gasteiger partial charge in [-0.25, -0.2) is 0 Å². The van der Waals surface area contributed by atoms with E-state index < -0.39 is 0 Å². The molecular formula is C86H150O8. The van der Waals surface area contributed by atoms with Gasteiger partial charge in [-0.3, -0.25) is 19.2 Å². The molecule has 6 unspecified atom stereocenters. The Hall–Kier alpha value is -2.12. The van der Waals surface area contributed by atoms with Gasteiger partial charge >= 0.3 is 23.9 Å². The molecule has 8 rings (SSSR count). The first-order valence-corrected chi connectivity index (χ1v) is 41.5. The third kappa shape index (κ3) is 24.9. The highest BCUT2D eigenvalue weighted by atomic mass is 16.5. The summed E-state index contributed by atoms with van der Waals surface area (Å²) in [5.74, 6) is 20.4. The average molecular weight is 1310 g/mol. The minimum absolute atomic E-state index is 0.0154. The quantitative estimate of drug-likeness (QED) is 0.0440. The van der Waals surface area contributed by atoms with E-state index in [4.69, 9.17) is 18.9 Å². The smallest absolute Gasteiger partial charge is 0.305 e. The molecule has 0 heterocycles. The number of esters is 4. The van der Waals surface area contributed by atoms with Crippen molar-refractivity contribution < 1.29 is 38.1 Å². The van der Waals surface area contributed by atoms with Crippen LogP contribution in [0.4, 0.5) is 0 Å². The normalized spacial score (nSPS) is 34.4. The molecule has 0 radical (unpaired) electrons. The molecule has 0 bridgehead atoms. The maximum Gasteiger partial charge on any atom is 0.305 e. The largest absolute Gasteiger partial charge is 0.469 e. The summed E-state index contributed by atoms with van der Waals surface area (Å²) in [7, 11) is 6.19. The van der Waals surface area contributed by atoms with Crippen molar-refractivity contribution in [3.8, 4) is 0 Å². The molecular weight excluding hydrogens is 1160 g/mol. The number of ether oxygens (including phenoxy) is 4. The van der Waals surface area contributed by atoms with E-state index in [0.29, 0.717) is 49.4 Å². The number of hydrogen-bond acceptors (Lipinski definition) is 8. The zero-order valence-corrected chi connectivity index (χ0v) is 63.4. The molecule has 8 heteroatoms. The molecule has 0 saturated heterocycles. The maximum absolute atomic E-state index is 12.2. The summed E-state index contributed by atoms with van der Waals surface area (Å²) in [5, 5.41) is 0. The predicted octanol–water partition coefficient (Wildman–Crippen LogP) is 23.1. The Morgan fingerprint density at radius 1 is 0.266 bits per heavy atom. The lowest BCUT2D eigenvalue weighted by Gasteiger charge is -2.30. The highest BCUT2D eigenvalue weighted by Gasteiger charge is 2.42. The molecule has 8 saturated carbocycles. The predicted molar refractivity (Wildman–Crippen MR) is 387 cm³/mol. The van der Waals surface area contributed by atoms with E-state index in [0.717, 1.165) is 130 Å². The Labute approximate surface area is 579 Å². The molecule has 0 N–H and O–H groups in total. The Kier molecular flexibility index (Phi) is 32.8. The molecule has 542 valence electrons. The van der Waals surface area contributed by atoms with Crippen molar-refractivity contribution in [3.05, 3.63) is 0 Å². The van der Waals surface area contributed by atoms with Crippen LogP contribution in [0, 0.1) is 154 Å². The zero-order valence-electron chi connectivity index (χ0n) is 63.4. The van der Waals surface area contributed by atoms with E-state index in [1.807, 2.05) is 0 Å². The van der Waals surface area contributed by atoms with Crippen molar-refractivity contribution >= 4 is 23.9 Å². The van der Waals surface area contributed by atoms with E-state index in [1.54, 1.807) is 28.4 Å². The number of hydrogen-bond donors (Lipinski definition) is 0. The molecule has 0 aromatic carbocycles. The molecule has 8 nitrogen and oxygen atoms in total. The van der Waals surface area contributed by atoms with Gasteiger partial charge in [0, 0.05) is 25.7 Å². The van der Waals surface area contributed by atoms with Crippen LogP contribution in [0.1, 0.15) is 338 Å². The molecule has 0 spiro atoms. The molecule has 26 atom stereocenters. The van der Waals surface area contributed by atoms with Crippen LogP contribution in [-0.2, 0) is 38.1 Å². The summed E-state index contributed by atoms with van der Waals surface area (Å²) in [5.41, 5.74) is 0. The average Bonchev–Trinajstić information content (AvgIpc) is 1.76. The van der Waals surface area contributed by atoms with Crippen LogP contribution in [-0.4, -0.2) is 52.3 Å². The van der Waals surface area contributed by atoms with Crippen LogP contribution in [0.3, 0.4) is 0 Å². The van der Waals surface area contributed by atoms with E-state index in [-0.39, 0.29) is 23.9 Å². The van der Waals surface area contributed by atoms with Crippen LogP contribution in [0.25, 0.3) is 0 Å². The number of carbonyl (C=O) groups is 4. The first kappa shape index (κ1) is 77.6. The Morgan fingerprint density at radius 3 is 0.787 bits per heavy atom. The highest BCUT2D eigenvalue weighted by Crippen LogP contribution is 2.53. The molecule has 94 heavy (non-hydrogen) atoms. The molecule has 8 aliphatic rings. The third-order valence-corrected chi connectivity index (χ3v) is 29.9. The monoisotopic (exact) mass is 1310 g/mol. The third-order valence-electron chi connectivity index (χ3n) is 29.9. The fourth-order valence-electron chi connectivity index (χ4n) is 23.8. The lowest BCUT2D eigenvalue weighted by molar-refractivity contribution is -0.142. The van der Waals surface area contributed by atoms with Gasteiger partial charge in [-0.2, -0.15) is 0 Å². The first-order chi connectivity index (χ1) is 45.2. The van der Waals surface area contributed by atoms with Gasteiger partial charge in [0.1, 0.15) is 0 Å². The van der Waals surface area contributed by atoms with Gasteiger partial charge in [0.05, 0.1) is 28.4 Å². The van der Waals surface area contributed by atoms with Crippen molar-refractivity contribution in [2.45, 2.75) is 338 Å². The van der Waals surface area contributed by atoms with E-state index >= 15 is 0 Å². The van der Waals surface area contributed by atoms with Crippen LogP contribution < -0.4 is 0 Å². The second-order valence-electron chi connectivity index (χ2n) is 36.8. The summed E-state index contributed by atoms with van der Waals surface area (Å²) in [6, 6.07) is 0. The molecule has 0 aromatic heterocycles. The Balaban J connectivity index is 0.852. The number of rotatable bonds is 41. The fourth-order valence-corrected chi connectivity index (χ4v) is 23.8. The van der Waals surface area contributed by atoms with Crippen molar-refractivity contribution in [2.24, 2.45) is 154 Å².